The molecule has 24 heavy (non-hydrogen) atoms. The van der Waals surface area contributed by atoms with Gasteiger partial charge in [-0.1, -0.05) is 13.8 Å². The van der Waals surface area contributed by atoms with E-state index in [0.29, 0.717) is 6.54 Å². The SMILES string of the molecule is CCNC(=NCC(c1ccco1)N(CC)CC)NCCCOCC. The van der Waals surface area contributed by atoms with Crippen molar-refractivity contribution in [2.45, 2.75) is 40.2 Å². The summed E-state index contributed by atoms with van der Waals surface area (Å²) < 4.78 is 11.0. The first-order valence-corrected chi connectivity index (χ1v) is 9.14. The molecule has 0 radical (unpaired) electrons. The van der Waals surface area contributed by atoms with Crippen molar-refractivity contribution >= 4 is 5.96 Å². The van der Waals surface area contributed by atoms with Crippen molar-refractivity contribution in [1.82, 2.24) is 15.5 Å². The van der Waals surface area contributed by atoms with E-state index >= 15 is 0 Å². The van der Waals surface area contributed by atoms with Gasteiger partial charge in [-0.2, -0.15) is 0 Å². The van der Waals surface area contributed by atoms with Crippen molar-refractivity contribution in [3.05, 3.63) is 24.2 Å². The maximum atomic E-state index is 5.63. The van der Waals surface area contributed by atoms with E-state index in [2.05, 4.69) is 36.3 Å². The highest BCUT2D eigenvalue weighted by Crippen LogP contribution is 2.21. The van der Waals surface area contributed by atoms with Gasteiger partial charge in [-0.15, -0.1) is 0 Å². The molecule has 0 aliphatic heterocycles. The highest BCUT2D eigenvalue weighted by atomic mass is 16.5. The predicted octanol–water partition coefficient (Wildman–Crippen LogP) is 2.64. The molecule has 1 aromatic rings. The molecule has 1 atom stereocenters. The van der Waals surface area contributed by atoms with Crippen LogP contribution in [-0.2, 0) is 4.74 Å². The van der Waals surface area contributed by atoms with Crippen LogP contribution in [0.5, 0.6) is 0 Å². The molecule has 6 nitrogen and oxygen atoms in total. The van der Waals surface area contributed by atoms with E-state index in [1.165, 1.54) is 0 Å². The minimum Gasteiger partial charge on any atom is -0.468 e. The first-order chi connectivity index (χ1) is 11.8. The van der Waals surface area contributed by atoms with Gasteiger partial charge in [0.15, 0.2) is 5.96 Å². The van der Waals surface area contributed by atoms with Crippen LogP contribution in [0.15, 0.2) is 27.8 Å². The highest BCUT2D eigenvalue weighted by molar-refractivity contribution is 5.79. The number of furan rings is 1. The number of hydrogen-bond acceptors (Lipinski definition) is 4. The summed E-state index contributed by atoms with van der Waals surface area (Å²) in [5, 5.41) is 6.66. The van der Waals surface area contributed by atoms with Crippen LogP contribution in [0, 0.1) is 0 Å². The lowest BCUT2D eigenvalue weighted by Gasteiger charge is -2.27. The van der Waals surface area contributed by atoms with E-state index in [1.54, 1.807) is 6.26 Å². The van der Waals surface area contributed by atoms with Crippen LogP contribution in [-0.4, -0.2) is 56.8 Å². The molecule has 0 aliphatic rings. The summed E-state index contributed by atoms with van der Waals surface area (Å²) in [6.45, 7) is 14.3. The fourth-order valence-corrected chi connectivity index (χ4v) is 2.58. The number of rotatable bonds is 12. The van der Waals surface area contributed by atoms with Gasteiger partial charge in [0.1, 0.15) is 5.76 Å². The topological polar surface area (TPSA) is 62.0 Å². The minimum atomic E-state index is 0.161. The molecule has 0 saturated carbocycles. The Kier molecular flexibility index (Phi) is 11.0. The molecule has 6 heteroatoms. The lowest BCUT2D eigenvalue weighted by atomic mass is 10.2. The lowest BCUT2D eigenvalue weighted by molar-refractivity contribution is 0.145. The zero-order valence-corrected chi connectivity index (χ0v) is 15.7. The normalized spacial score (nSPS) is 13.3. The Bertz CT molecular complexity index is 430. The van der Waals surface area contributed by atoms with Crippen molar-refractivity contribution in [2.24, 2.45) is 4.99 Å². The second-order valence-electron chi connectivity index (χ2n) is 5.45. The second kappa shape index (κ2) is 12.8. The third-order valence-electron chi connectivity index (χ3n) is 3.85. The van der Waals surface area contributed by atoms with Crippen LogP contribution >= 0.6 is 0 Å². The fraction of sp³-hybridized carbons (Fsp3) is 0.722. The Morgan fingerprint density at radius 2 is 2.04 bits per heavy atom. The molecule has 0 aliphatic carbocycles. The van der Waals surface area contributed by atoms with E-state index < -0.39 is 0 Å². The van der Waals surface area contributed by atoms with Crippen molar-refractivity contribution in [3.8, 4) is 0 Å². The Hall–Kier alpha value is -1.53. The van der Waals surface area contributed by atoms with Crippen LogP contribution in [0.3, 0.4) is 0 Å². The summed E-state index contributed by atoms with van der Waals surface area (Å²) in [6.07, 6.45) is 2.70. The summed E-state index contributed by atoms with van der Waals surface area (Å²) in [4.78, 5) is 7.12. The summed E-state index contributed by atoms with van der Waals surface area (Å²) in [5.41, 5.74) is 0. The van der Waals surface area contributed by atoms with E-state index in [4.69, 9.17) is 14.1 Å². The van der Waals surface area contributed by atoms with Crippen molar-refractivity contribution in [1.29, 1.82) is 0 Å². The van der Waals surface area contributed by atoms with Gasteiger partial charge < -0.3 is 19.8 Å². The van der Waals surface area contributed by atoms with Gasteiger partial charge in [-0.05, 0) is 45.5 Å². The number of aliphatic imine (C=N–C) groups is 1. The molecule has 2 N–H and O–H groups in total. The van der Waals surface area contributed by atoms with Crippen LogP contribution in [0.1, 0.15) is 45.9 Å². The van der Waals surface area contributed by atoms with Gasteiger partial charge in [-0.25, -0.2) is 0 Å². The number of likely N-dealkylation sites (N-methyl/N-ethyl adjacent to an activating group) is 1. The average molecular weight is 338 g/mol. The van der Waals surface area contributed by atoms with Crippen molar-refractivity contribution in [3.63, 3.8) is 0 Å². The van der Waals surface area contributed by atoms with E-state index in [1.807, 2.05) is 19.1 Å². The molecule has 0 amide bonds. The Morgan fingerprint density at radius 1 is 1.25 bits per heavy atom. The summed E-state index contributed by atoms with van der Waals surface area (Å²) in [6, 6.07) is 4.13. The molecule has 0 bridgehead atoms. The molecule has 0 saturated heterocycles. The molecule has 0 aromatic carbocycles. The highest BCUT2D eigenvalue weighted by Gasteiger charge is 2.20. The van der Waals surface area contributed by atoms with E-state index in [0.717, 1.165) is 57.5 Å². The van der Waals surface area contributed by atoms with Gasteiger partial charge in [0.05, 0.1) is 18.8 Å². The summed E-state index contributed by atoms with van der Waals surface area (Å²) >= 11 is 0. The Labute approximate surface area is 146 Å². The van der Waals surface area contributed by atoms with Gasteiger partial charge in [0, 0.05) is 26.3 Å². The smallest absolute Gasteiger partial charge is 0.191 e. The predicted molar refractivity (Wildman–Crippen MR) is 99.5 cm³/mol. The molecular formula is C18H34N4O2. The molecule has 1 unspecified atom stereocenters. The lowest BCUT2D eigenvalue weighted by Crippen LogP contribution is -2.39. The maximum absolute atomic E-state index is 5.63. The zero-order chi connectivity index (χ0) is 17.6. The standard InChI is InChI=1S/C18H34N4O2/c1-5-19-18(20-12-10-13-23-8-4)21-15-16(22(6-2)7-3)17-11-9-14-24-17/h9,11,14,16H,5-8,10,12-13,15H2,1-4H3,(H2,19,20,21). The molecular weight excluding hydrogens is 304 g/mol. The third-order valence-corrected chi connectivity index (χ3v) is 3.85. The Balaban J connectivity index is 2.64. The first kappa shape index (κ1) is 20.5. The molecule has 1 aromatic heterocycles. The largest absolute Gasteiger partial charge is 0.468 e. The van der Waals surface area contributed by atoms with Crippen LogP contribution in [0.25, 0.3) is 0 Å². The maximum Gasteiger partial charge on any atom is 0.191 e. The molecule has 0 spiro atoms. The van der Waals surface area contributed by atoms with Crippen LogP contribution in [0.2, 0.25) is 0 Å². The average Bonchev–Trinajstić information content (AvgIpc) is 3.12. The number of nitrogens with zero attached hydrogens (tertiary/aromatic N) is 2. The zero-order valence-electron chi connectivity index (χ0n) is 15.7. The van der Waals surface area contributed by atoms with Crippen molar-refractivity contribution in [2.75, 3.05) is 45.9 Å². The van der Waals surface area contributed by atoms with E-state index in [9.17, 15) is 0 Å². The second-order valence-corrected chi connectivity index (χ2v) is 5.45. The first-order valence-electron chi connectivity index (χ1n) is 9.14. The van der Waals surface area contributed by atoms with Gasteiger partial charge in [0.25, 0.3) is 0 Å². The minimum absolute atomic E-state index is 0.161. The van der Waals surface area contributed by atoms with Gasteiger partial charge >= 0.3 is 0 Å². The number of nitrogens with one attached hydrogen (secondary N) is 2. The fourth-order valence-electron chi connectivity index (χ4n) is 2.58. The van der Waals surface area contributed by atoms with E-state index in [-0.39, 0.29) is 6.04 Å². The van der Waals surface area contributed by atoms with Crippen molar-refractivity contribution < 1.29 is 9.15 Å². The molecule has 1 rings (SSSR count). The van der Waals surface area contributed by atoms with Crippen LogP contribution in [0.4, 0.5) is 0 Å². The van der Waals surface area contributed by atoms with Crippen LogP contribution < -0.4 is 10.6 Å². The number of ether oxygens (including phenoxy) is 1. The molecule has 0 fully saturated rings. The van der Waals surface area contributed by atoms with Gasteiger partial charge in [-0.3, -0.25) is 9.89 Å². The summed E-state index contributed by atoms with van der Waals surface area (Å²) in [5.74, 6) is 1.81. The molecule has 1 heterocycles. The quantitative estimate of drug-likeness (QED) is 0.348. The van der Waals surface area contributed by atoms with Gasteiger partial charge in [0.2, 0.25) is 0 Å². The monoisotopic (exact) mass is 338 g/mol. The Morgan fingerprint density at radius 3 is 2.62 bits per heavy atom. The number of guanidine groups is 1. The summed E-state index contributed by atoms with van der Waals surface area (Å²) in [7, 11) is 0. The third kappa shape index (κ3) is 7.36. The number of hydrogen-bond donors (Lipinski definition) is 2. The molecule has 138 valence electrons.